The van der Waals surface area contributed by atoms with Crippen LogP contribution in [0.2, 0.25) is 10.1 Å². The van der Waals surface area contributed by atoms with E-state index in [-0.39, 0.29) is 32.9 Å². The lowest BCUT2D eigenvalue weighted by atomic mass is 10.1. The third-order valence-corrected chi connectivity index (χ3v) is 12.4. The van der Waals surface area contributed by atoms with Crippen LogP contribution in [0.4, 0.5) is 5.95 Å². The Morgan fingerprint density at radius 2 is 1.97 bits per heavy atom. The quantitative estimate of drug-likeness (QED) is 0.577. The summed E-state index contributed by atoms with van der Waals surface area (Å²) in [6, 6.07) is 0. The molecule has 2 aliphatic rings. The highest BCUT2D eigenvalue weighted by atomic mass is 32.2. The molecule has 0 amide bonds. The minimum atomic E-state index is -2.69. The number of H-pyrrole nitrogens is 1. The lowest BCUT2D eigenvalue weighted by molar-refractivity contribution is -0.0376. The molecule has 4 N–H and O–H groups in total. The van der Waals surface area contributed by atoms with Crippen molar-refractivity contribution in [2.45, 2.75) is 74.5 Å². The Labute approximate surface area is 174 Å². The predicted octanol–water partition coefficient (Wildman–Crippen LogP) is 2.13. The molecular weight excluding hydrogens is 410 g/mol. The number of thioether (sulfide) groups is 1. The molecule has 160 valence electrons. The highest BCUT2D eigenvalue weighted by Crippen LogP contribution is 2.58. The first-order valence-electron chi connectivity index (χ1n) is 9.73. The number of aliphatic hydroxyl groups excluding tert-OH is 1. The van der Waals surface area contributed by atoms with Gasteiger partial charge in [-0.2, -0.15) is 4.98 Å². The summed E-state index contributed by atoms with van der Waals surface area (Å²) in [5.74, 6) is 0.0191. The summed E-state index contributed by atoms with van der Waals surface area (Å²) in [7, 11) is -2.69. The van der Waals surface area contributed by atoms with Crippen LogP contribution in [0.1, 0.15) is 46.9 Å². The molecule has 4 rings (SSSR count). The van der Waals surface area contributed by atoms with Crippen molar-refractivity contribution < 1.29 is 14.0 Å². The molecular formula is C18H29N5O4SSi. The number of aliphatic hydroxyl groups is 1. The number of nitrogens with one attached hydrogen (secondary N) is 1. The van der Waals surface area contributed by atoms with Gasteiger partial charge in [-0.15, -0.1) is 11.8 Å². The number of hydrogen-bond donors (Lipinski definition) is 3. The molecule has 4 atom stereocenters. The van der Waals surface area contributed by atoms with E-state index in [2.05, 4.69) is 56.5 Å². The number of nitrogens with zero attached hydrogens (tertiary/aromatic N) is 3. The van der Waals surface area contributed by atoms with Crippen molar-refractivity contribution >= 4 is 37.4 Å². The average Bonchev–Trinajstić information content (AvgIpc) is 3.14. The molecule has 29 heavy (non-hydrogen) atoms. The van der Waals surface area contributed by atoms with Gasteiger partial charge in [0.05, 0.1) is 24.3 Å². The fourth-order valence-corrected chi connectivity index (χ4v) is 11.4. The van der Waals surface area contributed by atoms with Crippen LogP contribution in [0.5, 0.6) is 0 Å². The van der Waals surface area contributed by atoms with Gasteiger partial charge in [-0.1, -0.05) is 41.5 Å². The van der Waals surface area contributed by atoms with Crippen LogP contribution in [0, 0.1) is 0 Å². The predicted molar refractivity (Wildman–Crippen MR) is 115 cm³/mol. The number of rotatable bonds is 1. The summed E-state index contributed by atoms with van der Waals surface area (Å²) in [5, 5.41) is 10.5. The number of hydrogen-bond acceptors (Lipinski definition) is 8. The van der Waals surface area contributed by atoms with Crippen molar-refractivity contribution in [1.82, 2.24) is 19.5 Å². The van der Waals surface area contributed by atoms with Gasteiger partial charge in [-0.25, -0.2) is 4.98 Å². The second-order valence-electron chi connectivity index (χ2n) is 9.84. The molecule has 4 heterocycles. The Balaban J connectivity index is 1.71. The third-order valence-electron chi connectivity index (χ3n) is 5.76. The van der Waals surface area contributed by atoms with Crippen LogP contribution in [0.3, 0.4) is 0 Å². The number of anilines is 1. The first-order chi connectivity index (χ1) is 13.4. The van der Waals surface area contributed by atoms with E-state index >= 15 is 0 Å². The molecule has 0 radical (unpaired) electrons. The zero-order chi connectivity index (χ0) is 21.4. The molecule has 2 aliphatic heterocycles. The van der Waals surface area contributed by atoms with Crippen LogP contribution in [-0.4, -0.2) is 57.3 Å². The maximum absolute atomic E-state index is 12.1. The van der Waals surface area contributed by atoms with Crippen LogP contribution < -0.4 is 11.3 Å². The topological polar surface area (TPSA) is 128 Å². The molecule has 0 bridgehead atoms. The minimum absolute atomic E-state index is 0.0166. The fraction of sp³-hybridized carbons (Fsp3) is 0.722. The first kappa shape index (κ1) is 20.9. The number of imidazole rings is 1. The summed E-state index contributed by atoms with van der Waals surface area (Å²) in [6.07, 6.45) is 0.384. The SMILES string of the molecule is CC(C)(C)[Si]1(C(C)(C)C)OC[C@H]2S[C@@H](n3cnc4c(=O)[nH]c(N)nc43)[C@H](O)[C@@H]2O1. The summed E-state index contributed by atoms with van der Waals surface area (Å²) < 4.78 is 15.0. The van der Waals surface area contributed by atoms with Crippen LogP contribution in [0.15, 0.2) is 11.1 Å². The van der Waals surface area contributed by atoms with Crippen LogP contribution in [0.25, 0.3) is 11.2 Å². The van der Waals surface area contributed by atoms with Gasteiger partial charge < -0.3 is 19.7 Å². The van der Waals surface area contributed by atoms with Gasteiger partial charge in [-0.05, 0) is 0 Å². The Morgan fingerprint density at radius 1 is 1.31 bits per heavy atom. The van der Waals surface area contributed by atoms with Crippen molar-refractivity contribution in [2.24, 2.45) is 0 Å². The largest absolute Gasteiger partial charge is 0.392 e. The van der Waals surface area contributed by atoms with E-state index in [0.29, 0.717) is 12.3 Å². The maximum atomic E-state index is 12.1. The zero-order valence-electron chi connectivity index (χ0n) is 17.6. The van der Waals surface area contributed by atoms with Crippen molar-refractivity contribution in [3.63, 3.8) is 0 Å². The molecule has 0 saturated carbocycles. The fourth-order valence-electron chi connectivity index (χ4n) is 4.70. The summed E-state index contributed by atoms with van der Waals surface area (Å²) in [5.41, 5.74) is 5.88. The van der Waals surface area contributed by atoms with E-state index in [9.17, 15) is 9.90 Å². The average molecular weight is 440 g/mol. The first-order valence-corrected chi connectivity index (χ1v) is 12.5. The Hall–Kier alpha value is -1.40. The monoisotopic (exact) mass is 439 g/mol. The molecule has 9 nitrogen and oxygen atoms in total. The molecule has 0 spiro atoms. The van der Waals surface area contributed by atoms with Crippen molar-refractivity contribution in [2.75, 3.05) is 12.3 Å². The number of aromatic amines is 1. The standard InChI is InChI=1S/C18H29N5O4SSi/c1-17(2,3)29(18(4,5)6)26-7-9-12(27-29)11(24)15(28-9)23-8-20-10-13(23)21-16(19)22-14(10)25/h8-9,11-12,15,24H,7H2,1-6H3,(H3,19,21,22,25)/t9-,11-,12-,15-/m1/s1. The second-order valence-corrected chi connectivity index (χ2v) is 16.0. The maximum Gasteiger partial charge on any atom is 0.349 e. The summed E-state index contributed by atoms with van der Waals surface area (Å²) in [6.45, 7) is 13.4. The van der Waals surface area contributed by atoms with Crippen LogP contribution in [-0.2, 0) is 8.85 Å². The van der Waals surface area contributed by atoms with Gasteiger partial charge in [0, 0.05) is 10.1 Å². The highest BCUT2D eigenvalue weighted by molar-refractivity contribution is 8.00. The molecule has 0 aliphatic carbocycles. The van der Waals surface area contributed by atoms with E-state index in [1.54, 1.807) is 16.3 Å². The lowest BCUT2D eigenvalue weighted by Crippen LogP contribution is -2.65. The van der Waals surface area contributed by atoms with E-state index in [1.807, 2.05) is 0 Å². The lowest BCUT2D eigenvalue weighted by Gasteiger charge is -2.53. The highest BCUT2D eigenvalue weighted by Gasteiger charge is 2.64. The van der Waals surface area contributed by atoms with E-state index in [1.165, 1.54) is 6.33 Å². The molecule has 0 aromatic carbocycles. The molecule has 2 aromatic heterocycles. The van der Waals surface area contributed by atoms with Crippen LogP contribution >= 0.6 is 11.8 Å². The summed E-state index contributed by atoms with van der Waals surface area (Å²) in [4.78, 5) is 23.0. The second kappa shape index (κ2) is 6.55. The Morgan fingerprint density at radius 3 is 2.59 bits per heavy atom. The molecule has 2 fully saturated rings. The van der Waals surface area contributed by atoms with Gasteiger partial charge >= 0.3 is 8.56 Å². The summed E-state index contributed by atoms with van der Waals surface area (Å²) >= 11 is 1.56. The third kappa shape index (κ3) is 3.05. The van der Waals surface area contributed by atoms with Crippen molar-refractivity contribution in [1.29, 1.82) is 0 Å². The molecule has 2 saturated heterocycles. The van der Waals surface area contributed by atoms with Gasteiger partial charge in [-0.3, -0.25) is 14.3 Å². The van der Waals surface area contributed by atoms with Gasteiger partial charge in [0.25, 0.3) is 5.56 Å². The van der Waals surface area contributed by atoms with Gasteiger partial charge in [0.1, 0.15) is 11.5 Å². The molecule has 0 unspecified atom stereocenters. The minimum Gasteiger partial charge on any atom is -0.392 e. The number of aromatic nitrogens is 4. The Bertz CT molecular complexity index is 981. The van der Waals surface area contributed by atoms with Crippen molar-refractivity contribution in [3.05, 3.63) is 16.7 Å². The van der Waals surface area contributed by atoms with E-state index in [0.717, 1.165) is 0 Å². The van der Waals surface area contributed by atoms with E-state index in [4.69, 9.17) is 14.6 Å². The number of nitrogens with two attached hydrogens (primary N) is 1. The zero-order valence-corrected chi connectivity index (χ0v) is 19.4. The van der Waals surface area contributed by atoms with E-state index < -0.39 is 25.6 Å². The molecule has 11 heteroatoms. The van der Waals surface area contributed by atoms with Crippen molar-refractivity contribution in [3.8, 4) is 0 Å². The normalized spacial score (nSPS) is 29.9. The van der Waals surface area contributed by atoms with Gasteiger partial charge in [0.15, 0.2) is 11.2 Å². The van der Waals surface area contributed by atoms with Gasteiger partial charge in [0.2, 0.25) is 5.95 Å². The number of fused-ring (bicyclic) bond motifs is 2. The smallest absolute Gasteiger partial charge is 0.349 e. The molecule has 2 aromatic rings. The number of nitrogen functional groups attached to an aromatic ring is 1. The Kier molecular flexibility index (Phi) is 4.71.